The van der Waals surface area contributed by atoms with E-state index < -0.39 is 0 Å². The van der Waals surface area contributed by atoms with E-state index in [1.54, 1.807) is 6.92 Å². The van der Waals surface area contributed by atoms with Crippen molar-refractivity contribution in [3.63, 3.8) is 0 Å². The molecule has 0 N–H and O–H groups in total. The summed E-state index contributed by atoms with van der Waals surface area (Å²) in [5.41, 5.74) is 7.65. The second-order valence-corrected chi connectivity index (χ2v) is 7.03. The van der Waals surface area contributed by atoms with Crippen LogP contribution in [0.2, 0.25) is 0 Å². The first-order valence-electron chi connectivity index (χ1n) is 10.1. The summed E-state index contributed by atoms with van der Waals surface area (Å²) in [6.45, 7) is 25.3. The lowest BCUT2D eigenvalue weighted by molar-refractivity contribution is 1.12. The van der Waals surface area contributed by atoms with Crippen LogP contribution in [0.1, 0.15) is 69.4 Å². The number of allylic oxidation sites excluding steroid dienone is 1. The van der Waals surface area contributed by atoms with Crippen LogP contribution in [0.4, 0.5) is 0 Å². The first-order valence-corrected chi connectivity index (χ1v) is 10.5. The topological polar surface area (TPSA) is 0 Å². The number of terminal acetylenes is 1. The van der Waals surface area contributed by atoms with Crippen molar-refractivity contribution >= 4 is 18.7 Å². The minimum absolute atomic E-state index is 1.08. The van der Waals surface area contributed by atoms with E-state index in [1.165, 1.54) is 33.4 Å². The number of hydrogen-bond donors (Lipinski definition) is 1. The molecule has 0 aliphatic rings. The largest absolute Gasteiger partial charge is 0.143 e. The van der Waals surface area contributed by atoms with Crippen molar-refractivity contribution in [1.82, 2.24) is 0 Å². The van der Waals surface area contributed by atoms with Gasteiger partial charge in [0.15, 0.2) is 0 Å². The van der Waals surface area contributed by atoms with Crippen LogP contribution in [0, 0.1) is 33.1 Å². The van der Waals surface area contributed by atoms with E-state index in [-0.39, 0.29) is 0 Å². The Bertz CT molecular complexity index is 741. The van der Waals surface area contributed by atoms with Gasteiger partial charge in [-0.25, -0.2) is 0 Å². The smallest absolute Gasteiger partial charge is 0.00718 e. The van der Waals surface area contributed by atoms with E-state index in [4.69, 9.17) is 0 Å². The van der Waals surface area contributed by atoms with Crippen LogP contribution in [0.3, 0.4) is 0 Å². The Hall–Kier alpha value is -2.17. The summed E-state index contributed by atoms with van der Waals surface area (Å²) in [5.74, 6) is 2.25. The molecule has 2 aromatic rings. The van der Waals surface area contributed by atoms with Crippen molar-refractivity contribution in [2.24, 2.45) is 0 Å². The van der Waals surface area contributed by atoms with Crippen LogP contribution in [0.15, 0.2) is 60.0 Å². The molecule has 0 saturated heterocycles. The summed E-state index contributed by atoms with van der Waals surface area (Å²) in [4.78, 5) is 1.08. The van der Waals surface area contributed by atoms with Gasteiger partial charge in [-0.05, 0) is 70.7 Å². The number of thiol groups is 1. The minimum atomic E-state index is 1.08. The predicted molar refractivity (Wildman–Crippen MR) is 140 cm³/mol. The van der Waals surface area contributed by atoms with Crippen molar-refractivity contribution in [2.45, 2.75) is 73.6 Å². The molecule has 1 heteroatoms. The van der Waals surface area contributed by atoms with Crippen molar-refractivity contribution in [1.29, 1.82) is 0 Å². The zero-order valence-electron chi connectivity index (χ0n) is 20.2. The number of hydrogen-bond acceptors (Lipinski definition) is 1. The highest BCUT2D eigenvalue weighted by Crippen LogP contribution is 2.14. The summed E-state index contributed by atoms with van der Waals surface area (Å²) in [6.07, 6.45) is 7.60. The zero-order valence-corrected chi connectivity index (χ0v) is 21.1. The fraction of sp³-hybridized carbons (Fsp3) is 0.357. The number of benzene rings is 2. The van der Waals surface area contributed by atoms with E-state index >= 15 is 0 Å². The highest BCUT2D eigenvalue weighted by atomic mass is 32.1. The Kier molecular flexibility index (Phi) is 22.3. The Morgan fingerprint density at radius 3 is 1.79 bits per heavy atom. The Labute approximate surface area is 187 Å². The van der Waals surface area contributed by atoms with Gasteiger partial charge in [-0.15, -0.1) is 31.6 Å². The molecule has 0 atom stereocenters. The van der Waals surface area contributed by atoms with E-state index in [0.29, 0.717) is 0 Å². The van der Waals surface area contributed by atoms with Crippen molar-refractivity contribution in [3.05, 3.63) is 82.9 Å². The molecular weight excluding hydrogens is 368 g/mol. The van der Waals surface area contributed by atoms with Gasteiger partial charge in [0.1, 0.15) is 0 Å². The van der Waals surface area contributed by atoms with Gasteiger partial charge < -0.3 is 0 Å². The maximum Gasteiger partial charge on any atom is 0.00718 e. The van der Waals surface area contributed by atoms with E-state index in [1.807, 2.05) is 33.8 Å². The Morgan fingerprint density at radius 2 is 1.45 bits per heavy atom. The molecule has 0 unspecified atom stereocenters. The molecule has 2 aromatic carbocycles. The van der Waals surface area contributed by atoms with E-state index in [2.05, 4.69) is 102 Å². The molecule has 0 nitrogen and oxygen atoms in total. The molecule has 0 saturated carbocycles. The molecule has 2 rings (SSSR count). The van der Waals surface area contributed by atoms with Crippen molar-refractivity contribution in [2.75, 3.05) is 0 Å². The highest BCUT2D eigenvalue weighted by Gasteiger charge is 1.95. The molecule has 0 heterocycles. The standard InChI is InChI=1S/C11H14.C8H10S.C4H8.C3H4.C2H6/c1-4-10-7-6-9(3)8-11(10)5-2;1-6-3-4-7(2)8(9)5-6;1-4(2)3;1-3-2;1-2/h4,6-8H,1,5H2,2-3H3;3-5,9H,1-2H3;1H2,2-3H3;1H,2H3;1-2H3. The van der Waals surface area contributed by atoms with Gasteiger partial charge in [0.2, 0.25) is 0 Å². The maximum absolute atomic E-state index is 4.60. The lowest BCUT2D eigenvalue weighted by Crippen LogP contribution is -1.86. The monoisotopic (exact) mass is 410 g/mol. The quantitative estimate of drug-likeness (QED) is 0.285. The third-order valence-corrected chi connectivity index (χ3v) is 3.75. The van der Waals surface area contributed by atoms with Gasteiger partial charge in [0.25, 0.3) is 0 Å². The van der Waals surface area contributed by atoms with E-state index in [9.17, 15) is 0 Å². The van der Waals surface area contributed by atoms with Crippen LogP contribution < -0.4 is 0 Å². The summed E-state index contributed by atoms with van der Waals surface area (Å²) >= 11 is 4.27. The number of aryl methyl sites for hydroxylation is 4. The second-order valence-electron chi connectivity index (χ2n) is 6.55. The molecule has 0 aliphatic heterocycles. The average Bonchev–Trinajstić information content (AvgIpc) is 2.67. The van der Waals surface area contributed by atoms with Gasteiger partial charge in [0.05, 0.1) is 0 Å². The first-order chi connectivity index (χ1) is 13.6. The maximum atomic E-state index is 4.60. The highest BCUT2D eigenvalue weighted by molar-refractivity contribution is 7.80. The molecule has 0 radical (unpaired) electrons. The zero-order chi connectivity index (χ0) is 23.4. The van der Waals surface area contributed by atoms with Crippen LogP contribution in [-0.2, 0) is 6.42 Å². The lowest BCUT2D eigenvalue weighted by atomic mass is 10.0. The van der Waals surface area contributed by atoms with Crippen LogP contribution >= 0.6 is 12.6 Å². The van der Waals surface area contributed by atoms with E-state index in [0.717, 1.165) is 11.3 Å². The molecule has 0 fully saturated rings. The summed E-state index contributed by atoms with van der Waals surface area (Å²) < 4.78 is 0. The van der Waals surface area contributed by atoms with Gasteiger partial charge >= 0.3 is 0 Å². The predicted octanol–water partition coefficient (Wildman–Crippen LogP) is 9.04. The third-order valence-electron chi connectivity index (χ3n) is 3.26. The van der Waals surface area contributed by atoms with Gasteiger partial charge in [0, 0.05) is 4.90 Å². The molecular formula is C28H42S. The minimum Gasteiger partial charge on any atom is -0.143 e. The van der Waals surface area contributed by atoms with Crippen molar-refractivity contribution < 1.29 is 0 Å². The normalized spacial score (nSPS) is 8.03. The third kappa shape index (κ3) is 18.9. The van der Waals surface area contributed by atoms with Crippen LogP contribution in [0.5, 0.6) is 0 Å². The summed E-state index contributed by atoms with van der Waals surface area (Å²) in [5, 5.41) is 0. The fourth-order valence-corrected chi connectivity index (χ4v) is 2.24. The number of rotatable bonds is 2. The van der Waals surface area contributed by atoms with Crippen molar-refractivity contribution in [3.8, 4) is 12.3 Å². The van der Waals surface area contributed by atoms with Gasteiger partial charge in [-0.3, -0.25) is 0 Å². The SMILES string of the molecule is C#CC.C=C(C)C.C=Cc1ccc(C)cc1CC.CC.Cc1ccc(C)c(S)c1. The average molecular weight is 411 g/mol. The molecule has 0 aromatic heterocycles. The molecule has 160 valence electrons. The van der Waals surface area contributed by atoms with Gasteiger partial charge in [-0.1, -0.05) is 80.5 Å². The van der Waals surface area contributed by atoms with Crippen LogP contribution in [-0.4, -0.2) is 0 Å². The summed E-state index contributed by atoms with van der Waals surface area (Å²) in [6, 6.07) is 12.7. The fourth-order valence-electron chi connectivity index (χ4n) is 1.96. The lowest BCUT2D eigenvalue weighted by Gasteiger charge is -2.03. The molecule has 0 aliphatic carbocycles. The Balaban J connectivity index is -0.000000337. The molecule has 0 spiro atoms. The van der Waals surface area contributed by atoms with Crippen LogP contribution in [0.25, 0.3) is 6.08 Å². The second kappa shape index (κ2) is 20.6. The Morgan fingerprint density at radius 1 is 1.03 bits per heavy atom. The molecule has 0 bridgehead atoms. The van der Waals surface area contributed by atoms with Gasteiger partial charge in [-0.2, -0.15) is 0 Å². The first kappa shape index (κ1) is 31.5. The molecule has 29 heavy (non-hydrogen) atoms. The summed E-state index contributed by atoms with van der Waals surface area (Å²) in [7, 11) is 0. The molecule has 0 amide bonds.